The van der Waals surface area contributed by atoms with E-state index in [1.54, 1.807) is 0 Å². The monoisotopic (exact) mass is 243 g/mol. The van der Waals surface area contributed by atoms with E-state index in [4.69, 9.17) is 0 Å². The van der Waals surface area contributed by atoms with E-state index in [-0.39, 0.29) is 0 Å². The second-order valence-electron chi connectivity index (χ2n) is 4.68. The number of thioether (sulfide) groups is 1. The summed E-state index contributed by atoms with van der Waals surface area (Å²) < 4.78 is 0. The van der Waals surface area contributed by atoms with Crippen LogP contribution in [0.3, 0.4) is 0 Å². The van der Waals surface area contributed by atoms with Crippen molar-refractivity contribution in [1.29, 1.82) is 0 Å². The van der Waals surface area contributed by atoms with E-state index in [1.807, 2.05) is 11.8 Å². The van der Waals surface area contributed by atoms with Crippen molar-refractivity contribution in [2.24, 2.45) is 5.92 Å². The highest BCUT2D eigenvalue weighted by Crippen LogP contribution is 2.27. The number of amides is 1. The Morgan fingerprint density at radius 2 is 1.94 bits per heavy atom. The summed E-state index contributed by atoms with van der Waals surface area (Å²) >= 11 is 1.96. The number of hydrogen-bond donors (Lipinski definition) is 1. The molecule has 0 unspecified atom stereocenters. The highest BCUT2D eigenvalue weighted by Gasteiger charge is 2.12. The molecule has 1 saturated carbocycles. The lowest BCUT2D eigenvalue weighted by atomic mass is 9.86. The molecule has 1 rings (SSSR count). The van der Waals surface area contributed by atoms with E-state index in [0.29, 0.717) is 0 Å². The average molecular weight is 243 g/mol. The number of rotatable bonds is 9. The first-order valence-corrected chi connectivity index (χ1v) is 7.83. The van der Waals surface area contributed by atoms with Crippen LogP contribution in [0.25, 0.3) is 0 Å². The van der Waals surface area contributed by atoms with Crippen molar-refractivity contribution < 1.29 is 4.79 Å². The van der Waals surface area contributed by atoms with Crippen LogP contribution in [0, 0.1) is 5.92 Å². The van der Waals surface area contributed by atoms with Crippen LogP contribution in [0.2, 0.25) is 0 Å². The Bertz CT molecular complexity index is 169. The molecule has 2 nitrogen and oxygen atoms in total. The highest BCUT2D eigenvalue weighted by atomic mass is 32.2. The Balaban J connectivity index is 1.78. The van der Waals surface area contributed by atoms with E-state index >= 15 is 0 Å². The number of hydrogen-bond acceptors (Lipinski definition) is 2. The Labute approximate surface area is 104 Å². The summed E-state index contributed by atoms with van der Waals surface area (Å²) in [6, 6.07) is 0. The summed E-state index contributed by atoms with van der Waals surface area (Å²) in [4.78, 5) is 9.99. The largest absolute Gasteiger partial charge is 0.358 e. The van der Waals surface area contributed by atoms with Gasteiger partial charge in [-0.2, -0.15) is 11.8 Å². The molecule has 1 amide bonds. The summed E-state index contributed by atoms with van der Waals surface area (Å²) in [5, 5.41) is 2.69. The standard InChI is InChI=1S/C13H25NOS/c15-12-14-9-11-16-10-5-4-8-13-6-2-1-3-7-13/h12-13H,1-11H2,(H,14,15). The van der Waals surface area contributed by atoms with Gasteiger partial charge in [-0.25, -0.2) is 0 Å². The van der Waals surface area contributed by atoms with E-state index < -0.39 is 0 Å². The smallest absolute Gasteiger partial charge is 0.207 e. The van der Waals surface area contributed by atoms with Gasteiger partial charge in [0.1, 0.15) is 0 Å². The van der Waals surface area contributed by atoms with Gasteiger partial charge in [0.05, 0.1) is 0 Å². The van der Waals surface area contributed by atoms with E-state index in [0.717, 1.165) is 24.6 Å². The molecule has 1 N–H and O–H groups in total. The lowest BCUT2D eigenvalue weighted by Gasteiger charge is -2.21. The summed E-state index contributed by atoms with van der Waals surface area (Å²) in [7, 11) is 0. The van der Waals surface area contributed by atoms with Gasteiger partial charge >= 0.3 is 0 Å². The van der Waals surface area contributed by atoms with Crippen molar-refractivity contribution in [2.75, 3.05) is 18.1 Å². The second-order valence-corrected chi connectivity index (χ2v) is 5.91. The molecule has 0 atom stereocenters. The summed E-state index contributed by atoms with van der Waals surface area (Å²) in [6.07, 6.45) is 12.4. The van der Waals surface area contributed by atoms with Crippen LogP contribution in [-0.2, 0) is 4.79 Å². The fourth-order valence-electron chi connectivity index (χ4n) is 2.41. The van der Waals surface area contributed by atoms with E-state index in [1.165, 1.54) is 57.1 Å². The molecule has 0 aromatic carbocycles. The van der Waals surface area contributed by atoms with Crippen LogP contribution in [0.4, 0.5) is 0 Å². The van der Waals surface area contributed by atoms with Gasteiger partial charge in [-0.15, -0.1) is 0 Å². The lowest BCUT2D eigenvalue weighted by molar-refractivity contribution is -0.109. The molecule has 94 valence electrons. The molecule has 3 heteroatoms. The van der Waals surface area contributed by atoms with Gasteiger partial charge in [-0.3, -0.25) is 4.79 Å². The third-order valence-electron chi connectivity index (χ3n) is 3.35. The number of unbranched alkanes of at least 4 members (excludes halogenated alkanes) is 1. The topological polar surface area (TPSA) is 29.1 Å². The quantitative estimate of drug-likeness (QED) is 0.497. The van der Waals surface area contributed by atoms with Gasteiger partial charge in [-0.1, -0.05) is 44.9 Å². The Hall–Kier alpha value is -0.180. The first kappa shape index (κ1) is 13.9. The highest BCUT2D eigenvalue weighted by molar-refractivity contribution is 7.99. The molecule has 0 aromatic heterocycles. The average Bonchev–Trinajstić information content (AvgIpc) is 2.34. The zero-order valence-electron chi connectivity index (χ0n) is 10.2. The lowest BCUT2D eigenvalue weighted by Crippen LogP contribution is -2.14. The van der Waals surface area contributed by atoms with Crippen LogP contribution in [0.1, 0.15) is 51.4 Å². The zero-order valence-corrected chi connectivity index (χ0v) is 11.1. The van der Waals surface area contributed by atoms with Crippen molar-refractivity contribution in [3.8, 4) is 0 Å². The third-order valence-corrected chi connectivity index (χ3v) is 4.42. The van der Waals surface area contributed by atoms with Gasteiger partial charge < -0.3 is 5.32 Å². The second kappa shape index (κ2) is 10.0. The van der Waals surface area contributed by atoms with Gasteiger partial charge in [0, 0.05) is 12.3 Å². The van der Waals surface area contributed by atoms with Crippen molar-refractivity contribution >= 4 is 18.2 Å². The minimum atomic E-state index is 0.781. The summed E-state index contributed by atoms with van der Waals surface area (Å²) in [5.41, 5.74) is 0. The van der Waals surface area contributed by atoms with Crippen LogP contribution in [0.15, 0.2) is 0 Å². The SMILES string of the molecule is O=CNCCSCCCCC1CCCCC1. The number of nitrogens with one attached hydrogen (secondary N) is 1. The molecule has 1 fully saturated rings. The number of carbonyl (C=O) groups excluding carboxylic acids is 1. The van der Waals surface area contributed by atoms with Crippen molar-refractivity contribution in [3.05, 3.63) is 0 Å². The van der Waals surface area contributed by atoms with Crippen molar-refractivity contribution in [2.45, 2.75) is 51.4 Å². The summed E-state index contributed by atoms with van der Waals surface area (Å²) in [5.74, 6) is 3.35. The van der Waals surface area contributed by atoms with Crippen LogP contribution in [0.5, 0.6) is 0 Å². The Morgan fingerprint density at radius 1 is 1.12 bits per heavy atom. The van der Waals surface area contributed by atoms with Crippen LogP contribution >= 0.6 is 11.8 Å². The zero-order chi connectivity index (χ0) is 11.5. The van der Waals surface area contributed by atoms with Crippen molar-refractivity contribution in [3.63, 3.8) is 0 Å². The molecule has 0 bridgehead atoms. The maximum absolute atomic E-state index is 9.99. The third kappa shape index (κ3) is 7.15. The molecule has 0 aliphatic heterocycles. The molecule has 0 spiro atoms. The fraction of sp³-hybridized carbons (Fsp3) is 0.923. The predicted molar refractivity (Wildman–Crippen MR) is 71.8 cm³/mol. The van der Waals surface area contributed by atoms with E-state index in [2.05, 4.69) is 5.32 Å². The molecule has 0 heterocycles. The molecule has 0 saturated heterocycles. The first-order chi connectivity index (χ1) is 7.93. The molecule has 1 aliphatic rings. The molecule has 1 aliphatic carbocycles. The van der Waals surface area contributed by atoms with Crippen LogP contribution in [-0.4, -0.2) is 24.5 Å². The minimum Gasteiger partial charge on any atom is -0.358 e. The number of carbonyl (C=O) groups is 1. The van der Waals surface area contributed by atoms with E-state index in [9.17, 15) is 4.79 Å². The van der Waals surface area contributed by atoms with Gasteiger partial charge in [0.2, 0.25) is 6.41 Å². The maximum atomic E-state index is 9.99. The Morgan fingerprint density at radius 3 is 2.69 bits per heavy atom. The predicted octanol–water partition coefficient (Wildman–Crippen LogP) is 3.22. The van der Waals surface area contributed by atoms with Gasteiger partial charge in [0.15, 0.2) is 0 Å². The Kier molecular flexibility index (Phi) is 8.68. The summed E-state index contributed by atoms with van der Waals surface area (Å²) in [6.45, 7) is 0.816. The van der Waals surface area contributed by atoms with Gasteiger partial charge in [0.25, 0.3) is 0 Å². The minimum absolute atomic E-state index is 0.781. The van der Waals surface area contributed by atoms with Crippen LogP contribution < -0.4 is 5.32 Å². The van der Waals surface area contributed by atoms with Crippen molar-refractivity contribution in [1.82, 2.24) is 5.32 Å². The molecule has 16 heavy (non-hydrogen) atoms. The first-order valence-electron chi connectivity index (χ1n) is 6.68. The maximum Gasteiger partial charge on any atom is 0.207 e. The van der Waals surface area contributed by atoms with Gasteiger partial charge in [-0.05, 0) is 18.1 Å². The molecular weight excluding hydrogens is 218 g/mol. The fourth-order valence-corrected chi connectivity index (χ4v) is 3.28. The molecule has 0 aromatic rings. The normalized spacial score (nSPS) is 17.2. The molecule has 0 radical (unpaired) electrons. The molecular formula is C13H25NOS.